The van der Waals surface area contributed by atoms with E-state index in [-0.39, 0.29) is 6.54 Å². The minimum atomic E-state index is -0.948. The molecule has 0 radical (unpaired) electrons. The van der Waals surface area contributed by atoms with E-state index in [2.05, 4.69) is 10.3 Å². The molecule has 0 aromatic heterocycles. The molecule has 96 valence electrons. The molecule has 0 aromatic carbocycles. The van der Waals surface area contributed by atoms with Gasteiger partial charge in [0, 0.05) is 19.2 Å². The van der Waals surface area contributed by atoms with E-state index in [1.165, 1.54) is 0 Å². The van der Waals surface area contributed by atoms with Crippen molar-refractivity contribution < 1.29 is 19.5 Å². The van der Waals surface area contributed by atoms with Gasteiger partial charge in [-0.3, -0.25) is 15.1 Å². The van der Waals surface area contributed by atoms with Gasteiger partial charge in [0.2, 0.25) is 0 Å². The van der Waals surface area contributed by atoms with E-state index in [0.29, 0.717) is 32.1 Å². The minimum Gasteiger partial charge on any atom is -0.480 e. The molecule has 0 aliphatic heterocycles. The predicted octanol–water partition coefficient (Wildman–Crippen LogP) is 0.0582. The topological polar surface area (TPSA) is 95.8 Å². The van der Waals surface area contributed by atoms with Gasteiger partial charge in [0.25, 0.3) is 0 Å². The number of carbonyl (C=O) groups is 3. The van der Waals surface area contributed by atoms with Crippen LogP contribution in [0.1, 0.15) is 25.7 Å². The van der Waals surface area contributed by atoms with E-state index in [4.69, 9.17) is 5.11 Å². The zero-order valence-electron chi connectivity index (χ0n) is 9.67. The van der Waals surface area contributed by atoms with Gasteiger partial charge in [0.15, 0.2) is 0 Å². The molecule has 0 rings (SSSR count). The third-order valence-electron chi connectivity index (χ3n) is 2.11. The van der Waals surface area contributed by atoms with Crippen molar-refractivity contribution in [2.75, 3.05) is 13.1 Å². The van der Waals surface area contributed by atoms with Crippen molar-refractivity contribution in [1.82, 2.24) is 5.32 Å². The molecule has 0 heterocycles. The quantitative estimate of drug-likeness (QED) is 0.303. The summed E-state index contributed by atoms with van der Waals surface area (Å²) < 4.78 is 0. The number of aldehydes is 2. The Bertz CT molecular complexity index is 266. The molecule has 0 spiro atoms. The maximum atomic E-state index is 10.8. The molecule has 0 saturated heterocycles. The molecular weight excluding hydrogens is 224 g/mol. The third kappa shape index (κ3) is 9.37. The van der Waals surface area contributed by atoms with Crippen molar-refractivity contribution in [3.8, 4) is 0 Å². The van der Waals surface area contributed by atoms with Gasteiger partial charge in [-0.2, -0.15) is 0 Å². The predicted molar refractivity (Wildman–Crippen MR) is 63.4 cm³/mol. The van der Waals surface area contributed by atoms with Gasteiger partial charge in [-0.05, 0) is 19.3 Å². The number of hydrogen-bond acceptors (Lipinski definition) is 5. The first-order valence-electron chi connectivity index (χ1n) is 5.54. The van der Waals surface area contributed by atoms with Gasteiger partial charge in [0.1, 0.15) is 18.6 Å². The number of carboxylic acid groups (broad SMARTS) is 1. The zero-order chi connectivity index (χ0) is 12.9. The van der Waals surface area contributed by atoms with E-state index in [1.807, 2.05) is 0 Å². The van der Waals surface area contributed by atoms with Crippen molar-refractivity contribution >= 4 is 24.8 Å². The number of hydrogen-bond donors (Lipinski definition) is 2. The number of nitrogens with zero attached hydrogens (tertiary/aromatic N) is 1. The van der Waals surface area contributed by atoms with Crippen LogP contribution >= 0.6 is 0 Å². The number of carboxylic acids is 1. The second-order valence-corrected chi connectivity index (χ2v) is 3.45. The lowest BCUT2D eigenvalue weighted by atomic mass is 10.1. The lowest BCUT2D eigenvalue weighted by Gasteiger charge is -2.11. The number of aliphatic carboxylic acids is 1. The van der Waals surface area contributed by atoms with E-state index < -0.39 is 12.0 Å². The summed E-state index contributed by atoms with van der Waals surface area (Å²) in [6, 6.07) is -0.681. The summed E-state index contributed by atoms with van der Waals surface area (Å²) in [6.07, 6.45) is 5.22. The standard InChI is InChI=1S/C11H18N2O4/c14-8-3-6-12-5-2-1-4-10(11(16)17)13-7-9-15/h6,8-10,13H,1-5,7H2,(H,16,17). The molecule has 0 aliphatic rings. The summed E-state index contributed by atoms with van der Waals surface area (Å²) >= 11 is 0. The Kier molecular flexibility index (Phi) is 9.94. The van der Waals surface area contributed by atoms with Crippen LogP contribution in [-0.4, -0.2) is 49.0 Å². The smallest absolute Gasteiger partial charge is 0.320 e. The van der Waals surface area contributed by atoms with Crippen LogP contribution in [0, 0.1) is 0 Å². The molecule has 0 aromatic rings. The monoisotopic (exact) mass is 242 g/mol. The van der Waals surface area contributed by atoms with E-state index in [1.54, 1.807) is 6.21 Å². The molecule has 17 heavy (non-hydrogen) atoms. The Labute approximate surface area is 100 Å². The first kappa shape index (κ1) is 15.4. The van der Waals surface area contributed by atoms with Gasteiger partial charge < -0.3 is 14.7 Å². The van der Waals surface area contributed by atoms with E-state index in [9.17, 15) is 14.4 Å². The lowest BCUT2D eigenvalue weighted by Crippen LogP contribution is -2.37. The van der Waals surface area contributed by atoms with Crippen LogP contribution in [0.25, 0.3) is 0 Å². The Hall–Kier alpha value is -1.56. The second-order valence-electron chi connectivity index (χ2n) is 3.45. The molecule has 1 unspecified atom stereocenters. The van der Waals surface area contributed by atoms with Crippen LogP contribution in [0.2, 0.25) is 0 Å². The first-order chi connectivity index (χ1) is 8.22. The Morgan fingerprint density at radius 1 is 1.29 bits per heavy atom. The summed E-state index contributed by atoms with van der Waals surface area (Å²) in [6.45, 7) is 0.641. The molecule has 0 amide bonds. The fourth-order valence-corrected chi connectivity index (χ4v) is 1.26. The summed E-state index contributed by atoms with van der Waals surface area (Å²) in [5.41, 5.74) is 0. The Balaban J connectivity index is 3.63. The average Bonchev–Trinajstić information content (AvgIpc) is 2.31. The first-order valence-corrected chi connectivity index (χ1v) is 5.54. The van der Waals surface area contributed by atoms with Crippen LogP contribution in [-0.2, 0) is 14.4 Å². The van der Waals surface area contributed by atoms with Crippen molar-refractivity contribution in [3.05, 3.63) is 0 Å². The highest BCUT2D eigenvalue weighted by atomic mass is 16.4. The van der Waals surface area contributed by atoms with E-state index >= 15 is 0 Å². The molecule has 6 nitrogen and oxygen atoms in total. The van der Waals surface area contributed by atoms with Crippen LogP contribution in [0.4, 0.5) is 0 Å². The van der Waals surface area contributed by atoms with Crippen molar-refractivity contribution in [1.29, 1.82) is 0 Å². The normalized spacial score (nSPS) is 12.5. The molecule has 2 N–H and O–H groups in total. The summed E-state index contributed by atoms with van der Waals surface area (Å²) in [7, 11) is 0. The van der Waals surface area contributed by atoms with Crippen LogP contribution in [0.15, 0.2) is 4.99 Å². The third-order valence-corrected chi connectivity index (χ3v) is 2.11. The molecule has 0 aliphatic carbocycles. The summed E-state index contributed by atoms with van der Waals surface area (Å²) in [5, 5.41) is 11.5. The number of unbranched alkanes of at least 4 members (excludes halogenated alkanes) is 1. The highest BCUT2D eigenvalue weighted by Crippen LogP contribution is 2.01. The van der Waals surface area contributed by atoms with Crippen LogP contribution in [0.5, 0.6) is 0 Å². The molecule has 6 heteroatoms. The Morgan fingerprint density at radius 3 is 2.65 bits per heavy atom. The van der Waals surface area contributed by atoms with Gasteiger partial charge >= 0.3 is 5.97 Å². The highest BCUT2D eigenvalue weighted by molar-refractivity contribution is 5.76. The number of rotatable bonds is 11. The van der Waals surface area contributed by atoms with E-state index in [0.717, 1.165) is 12.7 Å². The van der Waals surface area contributed by atoms with Gasteiger partial charge in [-0.25, -0.2) is 0 Å². The minimum absolute atomic E-state index is 0.0501. The van der Waals surface area contributed by atoms with Gasteiger partial charge in [-0.1, -0.05) is 0 Å². The molecule has 0 saturated carbocycles. The molecular formula is C11H18N2O4. The lowest BCUT2D eigenvalue weighted by molar-refractivity contribution is -0.139. The fraction of sp³-hybridized carbons (Fsp3) is 0.636. The average molecular weight is 242 g/mol. The SMILES string of the molecule is O=CCC=NCCCCC(NCC=O)C(=O)O. The van der Waals surface area contributed by atoms with Crippen LogP contribution in [0.3, 0.4) is 0 Å². The number of nitrogens with one attached hydrogen (secondary N) is 1. The van der Waals surface area contributed by atoms with Crippen molar-refractivity contribution in [2.24, 2.45) is 4.99 Å². The largest absolute Gasteiger partial charge is 0.480 e. The summed E-state index contributed by atoms with van der Waals surface area (Å²) in [5.74, 6) is -0.948. The molecule has 0 bridgehead atoms. The highest BCUT2D eigenvalue weighted by Gasteiger charge is 2.15. The number of carbonyl (C=O) groups excluding carboxylic acids is 2. The molecule has 1 atom stereocenters. The van der Waals surface area contributed by atoms with Gasteiger partial charge in [0.05, 0.1) is 6.54 Å². The number of aliphatic imine (C=N–C) groups is 1. The maximum Gasteiger partial charge on any atom is 0.320 e. The molecule has 0 fully saturated rings. The zero-order valence-corrected chi connectivity index (χ0v) is 9.67. The fourth-order valence-electron chi connectivity index (χ4n) is 1.26. The maximum absolute atomic E-state index is 10.8. The summed E-state index contributed by atoms with van der Waals surface area (Å²) in [4.78, 5) is 34.8. The van der Waals surface area contributed by atoms with Crippen LogP contribution < -0.4 is 5.32 Å². The van der Waals surface area contributed by atoms with Gasteiger partial charge in [-0.15, -0.1) is 0 Å². The van der Waals surface area contributed by atoms with Crippen molar-refractivity contribution in [2.45, 2.75) is 31.7 Å². The second kappa shape index (κ2) is 10.9. The Morgan fingerprint density at radius 2 is 2.06 bits per heavy atom. The van der Waals surface area contributed by atoms with Crippen molar-refractivity contribution in [3.63, 3.8) is 0 Å².